The minimum atomic E-state index is -3.98. The predicted molar refractivity (Wildman–Crippen MR) is 135 cm³/mol. The Morgan fingerprint density at radius 1 is 1.09 bits per heavy atom. The van der Waals surface area contributed by atoms with E-state index in [1.165, 1.54) is 17.0 Å². The Morgan fingerprint density at radius 2 is 1.71 bits per heavy atom. The van der Waals surface area contributed by atoms with Gasteiger partial charge in [-0.05, 0) is 45.2 Å². The van der Waals surface area contributed by atoms with Crippen LogP contribution in [0.3, 0.4) is 0 Å². The molecule has 35 heavy (non-hydrogen) atoms. The zero-order chi connectivity index (χ0) is 26.3. The van der Waals surface area contributed by atoms with Gasteiger partial charge in [-0.25, -0.2) is 8.42 Å². The number of hydrogen-bond donors (Lipinski definition) is 1. The maximum absolute atomic E-state index is 13.5. The summed E-state index contributed by atoms with van der Waals surface area (Å²) in [6.07, 6.45) is 1.39. The van der Waals surface area contributed by atoms with Crippen LogP contribution in [0.25, 0.3) is 0 Å². The van der Waals surface area contributed by atoms with Crippen LogP contribution in [0.4, 0.5) is 11.4 Å². The van der Waals surface area contributed by atoms with E-state index < -0.39 is 33.4 Å². The third-order valence-electron chi connectivity index (χ3n) is 5.43. The molecule has 0 aromatic heterocycles. The molecule has 0 aliphatic heterocycles. The van der Waals surface area contributed by atoms with E-state index in [0.29, 0.717) is 12.0 Å². The summed E-state index contributed by atoms with van der Waals surface area (Å²) in [6, 6.07) is 12.2. The third-order valence-corrected chi connectivity index (χ3v) is 6.56. The number of sulfonamides is 1. The van der Waals surface area contributed by atoms with Gasteiger partial charge in [-0.2, -0.15) is 0 Å². The SMILES string of the molecule is Cc1ccc([N+](=O)[O-])cc1N(CC(=O)N(CCc1ccccc1)C(C)C(=O)NC(C)C)S(C)(=O)=O. The zero-order valence-electron chi connectivity index (χ0n) is 20.6. The molecule has 0 heterocycles. The second kappa shape index (κ2) is 11.8. The van der Waals surface area contributed by atoms with Crippen LogP contribution in [0.5, 0.6) is 0 Å². The first-order valence-electron chi connectivity index (χ1n) is 11.2. The molecule has 0 spiro atoms. The van der Waals surface area contributed by atoms with Gasteiger partial charge in [0.2, 0.25) is 21.8 Å². The molecule has 0 aliphatic carbocycles. The number of anilines is 1. The van der Waals surface area contributed by atoms with Gasteiger partial charge in [-0.15, -0.1) is 0 Å². The van der Waals surface area contributed by atoms with E-state index in [1.54, 1.807) is 27.7 Å². The van der Waals surface area contributed by atoms with Crippen LogP contribution in [0, 0.1) is 17.0 Å². The second-order valence-corrected chi connectivity index (χ2v) is 10.6. The molecule has 1 N–H and O–H groups in total. The summed E-state index contributed by atoms with van der Waals surface area (Å²) in [7, 11) is -3.98. The molecule has 2 aromatic rings. The molecule has 0 saturated carbocycles. The molecule has 1 atom stereocenters. The lowest BCUT2D eigenvalue weighted by atomic mass is 10.1. The molecule has 0 bridgehead atoms. The summed E-state index contributed by atoms with van der Waals surface area (Å²) in [4.78, 5) is 38.2. The van der Waals surface area contributed by atoms with E-state index in [1.807, 2.05) is 30.3 Å². The van der Waals surface area contributed by atoms with Crippen molar-refractivity contribution in [1.29, 1.82) is 0 Å². The first kappa shape index (κ1) is 27.8. The maximum atomic E-state index is 13.5. The normalized spacial score (nSPS) is 12.2. The average molecular weight is 505 g/mol. The Kier molecular flexibility index (Phi) is 9.35. The first-order valence-corrected chi connectivity index (χ1v) is 13.0. The second-order valence-electron chi connectivity index (χ2n) is 8.66. The number of nitro benzene ring substituents is 1. The molecule has 190 valence electrons. The van der Waals surface area contributed by atoms with Crippen LogP contribution in [0.15, 0.2) is 48.5 Å². The molecule has 1 unspecified atom stereocenters. The van der Waals surface area contributed by atoms with E-state index in [4.69, 9.17) is 0 Å². The average Bonchev–Trinajstić information content (AvgIpc) is 2.77. The number of amides is 2. The smallest absolute Gasteiger partial charge is 0.271 e. The number of nitrogens with zero attached hydrogens (tertiary/aromatic N) is 3. The molecule has 2 rings (SSSR count). The van der Waals surface area contributed by atoms with Crippen molar-refractivity contribution in [2.24, 2.45) is 0 Å². The Morgan fingerprint density at radius 3 is 2.26 bits per heavy atom. The maximum Gasteiger partial charge on any atom is 0.271 e. The molecule has 0 fully saturated rings. The number of rotatable bonds is 11. The van der Waals surface area contributed by atoms with Crippen LogP contribution in [-0.2, 0) is 26.0 Å². The van der Waals surface area contributed by atoms with E-state index in [2.05, 4.69) is 5.32 Å². The number of hydrogen-bond acceptors (Lipinski definition) is 6. The molecule has 0 saturated heterocycles. The Labute approximate surface area is 206 Å². The summed E-state index contributed by atoms with van der Waals surface area (Å²) in [5.41, 5.74) is 1.15. The fraction of sp³-hybridized carbons (Fsp3) is 0.417. The molecule has 2 amide bonds. The fourth-order valence-corrected chi connectivity index (χ4v) is 4.45. The highest BCUT2D eigenvalue weighted by Gasteiger charge is 2.31. The molecular weight excluding hydrogens is 472 g/mol. The highest BCUT2D eigenvalue weighted by molar-refractivity contribution is 7.92. The van der Waals surface area contributed by atoms with Crippen molar-refractivity contribution in [3.8, 4) is 0 Å². The minimum absolute atomic E-state index is 0.0392. The number of benzene rings is 2. The van der Waals surface area contributed by atoms with Crippen molar-refractivity contribution in [3.63, 3.8) is 0 Å². The lowest BCUT2D eigenvalue weighted by Gasteiger charge is -2.32. The van der Waals surface area contributed by atoms with Gasteiger partial charge in [0, 0.05) is 24.7 Å². The minimum Gasteiger partial charge on any atom is -0.352 e. The zero-order valence-corrected chi connectivity index (χ0v) is 21.4. The molecule has 0 radical (unpaired) electrons. The fourth-order valence-electron chi connectivity index (χ4n) is 3.55. The quantitative estimate of drug-likeness (QED) is 0.370. The Bertz CT molecular complexity index is 1170. The lowest BCUT2D eigenvalue weighted by molar-refractivity contribution is -0.384. The predicted octanol–water partition coefficient (Wildman–Crippen LogP) is 2.65. The van der Waals surface area contributed by atoms with E-state index in [0.717, 1.165) is 22.2 Å². The molecular formula is C24H32N4O6S. The van der Waals surface area contributed by atoms with Crippen LogP contribution < -0.4 is 9.62 Å². The number of nitro groups is 1. The van der Waals surface area contributed by atoms with Gasteiger partial charge < -0.3 is 10.2 Å². The number of nitrogens with one attached hydrogen (secondary N) is 1. The van der Waals surface area contributed by atoms with Gasteiger partial charge in [-0.1, -0.05) is 36.4 Å². The van der Waals surface area contributed by atoms with Gasteiger partial charge in [-0.3, -0.25) is 24.0 Å². The van der Waals surface area contributed by atoms with Crippen LogP contribution in [0.2, 0.25) is 0 Å². The molecule has 11 heteroatoms. The Hall–Kier alpha value is -3.47. The van der Waals surface area contributed by atoms with E-state index in [9.17, 15) is 28.1 Å². The number of carbonyl (C=O) groups is 2. The number of non-ortho nitro benzene ring substituents is 1. The highest BCUT2D eigenvalue weighted by atomic mass is 32.2. The highest BCUT2D eigenvalue weighted by Crippen LogP contribution is 2.27. The number of carbonyl (C=O) groups excluding carboxylic acids is 2. The van der Waals surface area contributed by atoms with Gasteiger partial charge in [0.25, 0.3) is 5.69 Å². The summed E-state index contributed by atoms with van der Waals surface area (Å²) in [5, 5.41) is 14.0. The van der Waals surface area contributed by atoms with Gasteiger partial charge >= 0.3 is 0 Å². The van der Waals surface area contributed by atoms with Crippen molar-refractivity contribution < 1.29 is 22.9 Å². The van der Waals surface area contributed by atoms with Crippen LogP contribution >= 0.6 is 0 Å². The molecule has 2 aromatic carbocycles. The summed E-state index contributed by atoms with van der Waals surface area (Å²) < 4.78 is 26.2. The third kappa shape index (κ3) is 7.78. The van der Waals surface area contributed by atoms with Gasteiger partial charge in [0.15, 0.2) is 0 Å². The summed E-state index contributed by atoms with van der Waals surface area (Å²) in [5.74, 6) is -0.956. The van der Waals surface area contributed by atoms with Crippen molar-refractivity contribution in [2.45, 2.75) is 46.2 Å². The van der Waals surface area contributed by atoms with Gasteiger partial charge in [0.1, 0.15) is 12.6 Å². The van der Waals surface area contributed by atoms with Gasteiger partial charge in [0.05, 0.1) is 16.9 Å². The van der Waals surface area contributed by atoms with E-state index in [-0.39, 0.29) is 29.9 Å². The summed E-state index contributed by atoms with van der Waals surface area (Å²) in [6.45, 7) is 6.38. The first-order chi connectivity index (χ1) is 16.3. The largest absolute Gasteiger partial charge is 0.352 e. The van der Waals surface area contributed by atoms with Crippen LogP contribution in [0.1, 0.15) is 31.9 Å². The van der Waals surface area contributed by atoms with Crippen molar-refractivity contribution in [2.75, 3.05) is 23.7 Å². The number of aryl methyl sites for hydroxylation is 1. The monoisotopic (exact) mass is 504 g/mol. The van der Waals surface area contributed by atoms with E-state index >= 15 is 0 Å². The topological polar surface area (TPSA) is 130 Å². The van der Waals surface area contributed by atoms with Crippen molar-refractivity contribution in [1.82, 2.24) is 10.2 Å². The molecule has 10 nitrogen and oxygen atoms in total. The molecule has 0 aliphatic rings. The lowest BCUT2D eigenvalue weighted by Crippen LogP contribution is -2.53. The van der Waals surface area contributed by atoms with Crippen LogP contribution in [-0.4, -0.2) is 61.5 Å². The standard InChI is InChI=1S/C24H32N4O6S/c1-17(2)25-24(30)19(4)26(14-13-20-9-7-6-8-10-20)23(29)16-27(35(5,33)34)22-15-21(28(31)32)12-11-18(22)3/h6-12,15,17,19H,13-14,16H2,1-5H3,(H,25,30). The Balaban J connectivity index is 2.40. The van der Waals surface area contributed by atoms with Crippen molar-refractivity contribution in [3.05, 3.63) is 69.8 Å². The van der Waals surface area contributed by atoms with Crippen molar-refractivity contribution >= 4 is 33.2 Å². The summed E-state index contributed by atoms with van der Waals surface area (Å²) >= 11 is 0.